The van der Waals surface area contributed by atoms with Crippen LogP contribution in [0.25, 0.3) is 20.3 Å². The van der Waals surface area contributed by atoms with Gasteiger partial charge in [0.05, 0.1) is 0 Å². The summed E-state index contributed by atoms with van der Waals surface area (Å²) >= 11 is -2.21. The van der Waals surface area contributed by atoms with Gasteiger partial charge in [0, 0.05) is 12.1 Å². The second-order valence-corrected chi connectivity index (χ2v) is 57.7. The van der Waals surface area contributed by atoms with Crippen molar-refractivity contribution < 1.29 is 80.4 Å². The van der Waals surface area contributed by atoms with Crippen molar-refractivity contribution in [2.75, 3.05) is 13.6 Å². The summed E-state index contributed by atoms with van der Waals surface area (Å²) in [4.78, 5) is 19.3. The third kappa shape index (κ3) is 31.5. The van der Waals surface area contributed by atoms with E-state index in [2.05, 4.69) is 120 Å². The monoisotopic (exact) mass is 1700 g/mol. The van der Waals surface area contributed by atoms with Crippen LogP contribution < -0.4 is 0 Å². The Balaban J connectivity index is -0.00000112. The summed E-state index contributed by atoms with van der Waals surface area (Å²) in [5.74, 6) is 11.4. The average molecular weight is 1710 g/mol. The molecule has 18 heteroatoms. The Bertz CT molecular complexity index is 1900. The van der Waals surface area contributed by atoms with E-state index < -0.39 is 83.4 Å². The molecule has 14 atom stereocenters. The van der Waals surface area contributed by atoms with Gasteiger partial charge in [0.1, 0.15) is 0 Å². The summed E-state index contributed by atoms with van der Waals surface area (Å²) in [5.41, 5.74) is 3.75. The predicted molar refractivity (Wildman–Crippen MR) is 425 cm³/mol. The third-order valence-corrected chi connectivity index (χ3v) is 35.5. The van der Waals surface area contributed by atoms with Crippen LogP contribution in [0.2, 0.25) is 55.9 Å². The average Bonchev–Trinajstić information content (AvgIpc) is 1.56. The second-order valence-electron chi connectivity index (χ2n) is 34.9. The van der Waals surface area contributed by atoms with Gasteiger partial charge in [0.25, 0.3) is 0 Å². The first-order valence-corrected chi connectivity index (χ1v) is 62.4. The van der Waals surface area contributed by atoms with Crippen LogP contribution in [-0.4, -0.2) is 77.4 Å². The van der Waals surface area contributed by atoms with E-state index in [0.717, 1.165) is 100 Å². The Kier molecular flexibility index (Phi) is 53.7. The smallest absolute Gasteiger partial charge is 4.00 e. The Morgan fingerprint density at radius 2 is 0.819 bits per heavy atom. The van der Waals surface area contributed by atoms with Crippen LogP contribution in [0.1, 0.15) is 275 Å². The van der Waals surface area contributed by atoms with Gasteiger partial charge < -0.3 is 64.8 Å². The first-order chi connectivity index (χ1) is 40.8. The van der Waals surface area contributed by atoms with Crippen LogP contribution in [0, 0.1) is 110 Å². The molecular weight excluding hydrogens is 1560 g/mol. The third-order valence-electron chi connectivity index (χ3n) is 24.4. The maximum Gasteiger partial charge on any atom is 4.00 e. The number of fused-ring (bicyclic) bond motifs is 9. The van der Waals surface area contributed by atoms with Crippen LogP contribution in [0.3, 0.4) is 0 Å². The molecule has 0 bridgehead atoms. The molecule has 0 aromatic rings. The van der Waals surface area contributed by atoms with Gasteiger partial charge in [-0.05, 0) is 124 Å². The molecular formula is C76H151Cl6N5Si3Ti2Zr2-2. The van der Waals surface area contributed by atoms with Crippen molar-refractivity contribution in [1.82, 2.24) is 4.90 Å². The molecule has 0 amide bonds. The molecule has 1 aliphatic heterocycles. The molecule has 0 aromatic carbocycles. The summed E-state index contributed by atoms with van der Waals surface area (Å²) in [6, 6.07) is 1.79. The molecule has 1 saturated heterocycles. The zero-order chi connectivity index (χ0) is 64.6. The molecule has 94 heavy (non-hydrogen) atoms. The van der Waals surface area contributed by atoms with Gasteiger partial charge in [-0.15, -0.1) is 28.7 Å². The predicted octanol–water partition coefficient (Wildman–Crippen LogP) is 29.2. The fraction of sp³-hybridized carbons (Fsp3) is 0.921. The first kappa shape index (κ1) is 104. The molecule has 11 rings (SSSR count). The molecule has 0 aromatic heterocycles. The zero-order valence-corrected chi connectivity index (χ0v) is 81.2. The van der Waals surface area contributed by atoms with E-state index in [4.69, 9.17) is 72.9 Å². The van der Waals surface area contributed by atoms with Gasteiger partial charge in [-0.1, -0.05) is 304 Å². The fourth-order valence-electron chi connectivity index (χ4n) is 22.4. The number of halogens is 6. The molecule has 11 fully saturated rings. The van der Waals surface area contributed by atoms with Crippen molar-refractivity contribution >= 4 is 77.4 Å². The van der Waals surface area contributed by atoms with E-state index in [0.29, 0.717) is 5.54 Å². The van der Waals surface area contributed by atoms with Crippen molar-refractivity contribution in [2.24, 2.45) is 65.1 Å². The number of rotatable bonds is 10. The standard InChI is InChI=1S/C22H41N2Si.C22H40NSi.C15H28N.C11H24NSi.6CH3.6ClH.2Ti.2Zr/c1-22(2,3)23-25(5,6)21-16-12-8-7-11-15(16)20-19(21)17-13-9-10-14-18(17)24(20)4;1-22(15-9-4-10-16-22)23-24(2,3)21-19-13-7-5-11-17(19)18-12-6-8-14-20(18)21;1-15(2,3)16-11-10-13-9-8-12-6-4-5-7-14(12)13;1-11(2,3)12-13(4,5)10-8-6-7-9-10;;;;;;;;;;;;;;;;/h15-21H,7-14H2,1-6H3;17-21H,4-16H2,1-3H3;12-14H,4-11H2,1-3H3;10H,6-9H2,1-5H3;6*1H3;6*1H;;;;/q10*-1;;;;;;;+2;3*+4/p-6. The van der Waals surface area contributed by atoms with Crippen LogP contribution >= 0.6 is 52.7 Å². The van der Waals surface area contributed by atoms with Crippen molar-refractivity contribution in [3.63, 3.8) is 0 Å². The Hall–Kier alpha value is 5.39. The van der Waals surface area contributed by atoms with Gasteiger partial charge in [0.2, 0.25) is 0 Å². The molecule has 0 spiro atoms. The molecule has 552 valence electrons. The quantitative estimate of drug-likeness (QED) is 0.159. The van der Waals surface area contributed by atoms with Crippen LogP contribution in [-0.2, 0) is 80.4 Å². The molecule has 0 N–H and O–H groups in total. The summed E-state index contributed by atoms with van der Waals surface area (Å²) in [6.45, 7) is 39.4. The topological polar surface area (TPSA) is 59.6 Å². The summed E-state index contributed by atoms with van der Waals surface area (Å²) < 4.78 is 0. The Labute approximate surface area is 663 Å². The van der Waals surface area contributed by atoms with Gasteiger partial charge in [-0.3, -0.25) is 4.90 Å². The molecule has 0 radical (unpaired) electrons. The minimum atomic E-state index is -1.61. The van der Waals surface area contributed by atoms with Gasteiger partial charge in [0.15, 0.2) is 0 Å². The van der Waals surface area contributed by atoms with Crippen LogP contribution in [0.15, 0.2) is 0 Å². The normalized spacial score (nSPS) is 32.1. The van der Waals surface area contributed by atoms with Gasteiger partial charge in [-0.2, -0.15) is 0 Å². The molecule has 11 aliphatic rings. The van der Waals surface area contributed by atoms with E-state index in [1.165, 1.54) is 180 Å². The van der Waals surface area contributed by atoms with Gasteiger partial charge >= 0.3 is 133 Å². The Morgan fingerprint density at radius 1 is 0.447 bits per heavy atom. The van der Waals surface area contributed by atoms with E-state index in [9.17, 15) is 0 Å². The number of hydrogen-bond donors (Lipinski definition) is 0. The van der Waals surface area contributed by atoms with Gasteiger partial charge in [-0.25, -0.2) is 0 Å². The largest absolute Gasteiger partial charge is 4.00 e. The van der Waals surface area contributed by atoms with Crippen molar-refractivity contribution in [1.29, 1.82) is 0 Å². The van der Waals surface area contributed by atoms with Crippen LogP contribution in [0.5, 0.6) is 0 Å². The first-order valence-electron chi connectivity index (χ1n) is 36.3. The van der Waals surface area contributed by atoms with Crippen molar-refractivity contribution in [3.8, 4) is 0 Å². The molecule has 1 heterocycles. The summed E-state index contributed by atoms with van der Waals surface area (Å²) in [6.07, 6.45) is 47.4. The van der Waals surface area contributed by atoms with E-state index in [1.54, 1.807) is 25.7 Å². The van der Waals surface area contributed by atoms with Crippen LogP contribution in [0.4, 0.5) is 0 Å². The van der Waals surface area contributed by atoms with E-state index in [1.807, 2.05) is 0 Å². The molecule has 10 saturated carbocycles. The minimum Gasteiger partial charge on any atom is 4.00 e. The number of hydrogen-bond acceptors (Lipinski definition) is 1. The zero-order valence-electron chi connectivity index (χ0n) is 65.6. The number of likely N-dealkylation sites (tertiary alicyclic amines) is 1. The molecule has 5 nitrogen and oxygen atoms in total. The summed E-state index contributed by atoms with van der Waals surface area (Å²) in [5, 5.41) is 4.76. The maximum absolute atomic E-state index is 5.80. The molecule has 10 aliphatic carbocycles. The maximum atomic E-state index is 5.80. The fourth-order valence-corrected chi connectivity index (χ4v) is 35.6. The van der Waals surface area contributed by atoms with E-state index >= 15 is 0 Å². The number of nitrogens with zero attached hydrogens (tertiary/aromatic N) is 5. The second kappa shape index (κ2) is 48.7. The SMILES string of the molecule is CC(C)(C)[N-]CCC1CCC2CCCCC21.CC(C)(C)[N-][Si](C)(C)C1CCCC1.CC1([N-][Si](C)(C)C2C3CCCCC3C3CCCCC32)CCCCC1.CN1C2CCCCC2C2C1C1CCCCC1C2[Si](C)(C)[N-]C(C)(C)C.[CH3-].[CH3-].[CH3-].[CH3-].[CH3-].[CH3-].[Cl][Ti][Cl].[Cl][Zr+2][Cl].[Cl][Zr+2][Cl].[Ti+4]. The van der Waals surface area contributed by atoms with Crippen molar-refractivity contribution in [3.05, 3.63) is 64.8 Å². The molecule has 14 unspecified atom stereocenters. The van der Waals surface area contributed by atoms with Crippen molar-refractivity contribution in [2.45, 2.75) is 365 Å². The summed E-state index contributed by atoms with van der Waals surface area (Å²) in [7, 11) is 27.6. The van der Waals surface area contributed by atoms with E-state index in [-0.39, 0.29) is 82.9 Å². The Morgan fingerprint density at radius 3 is 1.27 bits per heavy atom. The minimum absolute atomic E-state index is 0.